The molecule has 6 nitrogen and oxygen atoms in total. The third-order valence-corrected chi connectivity index (χ3v) is 4.89. The average molecular weight is 346 g/mol. The van der Waals surface area contributed by atoms with Crippen LogP contribution in [-0.2, 0) is 9.53 Å². The Morgan fingerprint density at radius 3 is 2.64 bits per heavy atom. The minimum absolute atomic E-state index is 0.0448. The van der Waals surface area contributed by atoms with E-state index in [0.717, 1.165) is 44.5 Å². The number of piperidine rings is 1. The summed E-state index contributed by atoms with van der Waals surface area (Å²) in [5.41, 5.74) is 5.94. The van der Waals surface area contributed by atoms with Gasteiger partial charge in [0.15, 0.2) is 0 Å². The van der Waals surface area contributed by atoms with Crippen molar-refractivity contribution in [2.24, 2.45) is 5.73 Å². The van der Waals surface area contributed by atoms with Crippen LogP contribution in [0.25, 0.3) is 0 Å². The van der Waals surface area contributed by atoms with Crippen molar-refractivity contribution in [2.45, 2.75) is 50.7 Å². The van der Waals surface area contributed by atoms with Crippen LogP contribution in [0.15, 0.2) is 24.3 Å². The molecule has 136 valence electrons. The number of carbonyl (C=O) groups is 2. The van der Waals surface area contributed by atoms with Crippen LogP contribution < -0.4 is 10.5 Å². The van der Waals surface area contributed by atoms with Gasteiger partial charge in [-0.2, -0.15) is 0 Å². The Kier molecular flexibility index (Phi) is 5.91. The molecule has 2 heterocycles. The first-order valence-electron chi connectivity index (χ1n) is 9.07. The first-order chi connectivity index (χ1) is 12.1. The number of hydrogen-bond donors (Lipinski definition) is 1. The van der Waals surface area contributed by atoms with Crippen LogP contribution in [0.1, 0.15) is 48.9 Å². The van der Waals surface area contributed by atoms with Gasteiger partial charge in [0.1, 0.15) is 12.4 Å². The standard InChI is InChI=1S/C19H26N2O4/c20-18(22)12-15-4-1-2-10-21(15)19(23)14-6-8-16(9-7-14)25-13-17-5-3-11-24-17/h6-9,15,17H,1-5,10-13H2,(H2,20,22)/t15-,17+/m1/s1. The molecule has 25 heavy (non-hydrogen) atoms. The first kappa shape index (κ1) is 17.7. The number of carbonyl (C=O) groups excluding carboxylic acids is 2. The second kappa shape index (κ2) is 8.34. The van der Waals surface area contributed by atoms with Crippen LogP contribution in [0.2, 0.25) is 0 Å². The summed E-state index contributed by atoms with van der Waals surface area (Å²) in [5, 5.41) is 0. The van der Waals surface area contributed by atoms with Crippen LogP contribution in [0.4, 0.5) is 0 Å². The summed E-state index contributed by atoms with van der Waals surface area (Å²) in [5.74, 6) is 0.332. The van der Waals surface area contributed by atoms with E-state index < -0.39 is 0 Å². The predicted octanol–water partition coefficient (Wildman–Crippen LogP) is 2.11. The molecule has 2 amide bonds. The van der Waals surface area contributed by atoms with Gasteiger partial charge in [0.05, 0.1) is 6.10 Å². The van der Waals surface area contributed by atoms with Crippen LogP contribution >= 0.6 is 0 Å². The van der Waals surface area contributed by atoms with Crippen LogP contribution in [0, 0.1) is 0 Å². The van der Waals surface area contributed by atoms with Gasteiger partial charge in [0.25, 0.3) is 5.91 Å². The van der Waals surface area contributed by atoms with Crippen LogP contribution in [0.5, 0.6) is 5.75 Å². The van der Waals surface area contributed by atoms with Crippen LogP contribution in [0.3, 0.4) is 0 Å². The minimum atomic E-state index is -0.359. The van der Waals surface area contributed by atoms with Gasteiger partial charge in [0.2, 0.25) is 5.91 Å². The third kappa shape index (κ3) is 4.72. The fraction of sp³-hybridized carbons (Fsp3) is 0.579. The highest BCUT2D eigenvalue weighted by molar-refractivity contribution is 5.95. The molecule has 0 spiro atoms. The molecule has 0 saturated carbocycles. The molecule has 2 atom stereocenters. The van der Waals surface area contributed by atoms with Gasteiger partial charge in [-0.1, -0.05) is 0 Å². The Hall–Kier alpha value is -2.08. The number of nitrogens with two attached hydrogens (primary N) is 1. The molecule has 3 rings (SSSR count). The van der Waals surface area contributed by atoms with Gasteiger partial charge >= 0.3 is 0 Å². The predicted molar refractivity (Wildman–Crippen MR) is 93.4 cm³/mol. The van der Waals surface area contributed by atoms with Crippen molar-refractivity contribution in [3.63, 3.8) is 0 Å². The Labute approximate surface area is 148 Å². The number of amides is 2. The van der Waals surface area contributed by atoms with Crippen molar-refractivity contribution < 1.29 is 19.1 Å². The molecule has 6 heteroatoms. The Morgan fingerprint density at radius 1 is 1.16 bits per heavy atom. The lowest BCUT2D eigenvalue weighted by atomic mass is 9.98. The zero-order chi connectivity index (χ0) is 17.6. The van der Waals surface area contributed by atoms with E-state index in [0.29, 0.717) is 18.7 Å². The normalized spacial score (nSPS) is 23.4. The zero-order valence-corrected chi connectivity index (χ0v) is 14.5. The Balaban J connectivity index is 1.59. The van der Waals surface area contributed by atoms with E-state index in [-0.39, 0.29) is 30.4 Å². The van der Waals surface area contributed by atoms with Gasteiger partial charge < -0.3 is 20.1 Å². The highest BCUT2D eigenvalue weighted by Crippen LogP contribution is 2.23. The lowest BCUT2D eigenvalue weighted by Gasteiger charge is -2.35. The molecule has 2 aliphatic rings. The molecule has 1 aromatic rings. The Morgan fingerprint density at radius 2 is 1.96 bits per heavy atom. The fourth-order valence-corrected chi connectivity index (χ4v) is 3.54. The Bertz CT molecular complexity index is 596. The summed E-state index contributed by atoms with van der Waals surface area (Å²) in [6.45, 7) is 2.03. The molecule has 1 aromatic carbocycles. The monoisotopic (exact) mass is 346 g/mol. The third-order valence-electron chi connectivity index (χ3n) is 4.89. The van der Waals surface area contributed by atoms with Crippen molar-refractivity contribution >= 4 is 11.8 Å². The summed E-state index contributed by atoms with van der Waals surface area (Å²) in [6, 6.07) is 7.10. The maximum absolute atomic E-state index is 12.8. The van der Waals surface area contributed by atoms with Crippen molar-refractivity contribution in [1.82, 2.24) is 4.90 Å². The van der Waals surface area contributed by atoms with E-state index in [4.69, 9.17) is 15.2 Å². The highest BCUT2D eigenvalue weighted by atomic mass is 16.5. The van der Waals surface area contributed by atoms with E-state index >= 15 is 0 Å². The summed E-state index contributed by atoms with van der Waals surface area (Å²) in [7, 11) is 0. The van der Waals surface area contributed by atoms with E-state index in [2.05, 4.69) is 0 Å². The lowest BCUT2D eigenvalue weighted by Crippen LogP contribution is -2.45. The number of rotatable bonds is 6. The number of nitrogens with zero attached hydrogens (tertiary/aromatic N) is 1. The molecule has 2 fully saturated rings. The average Bonchev–Trinajstić information content (AvgIpc) is 3.13. The van der Waals surface area contributed by atoms with Gasteiger partial charge in [-0.25, -0.2) is 0 Å². The smallest absolute Gasteiger partial charge is 0.254 e. The zero-order valence-electron chi connectivity index (χ0n) is 14.5. The second-order valence-electron chi connectivity index (χ2n) is 6.79. The summed E-state index contributed by atoms with van der Waals surface area (Å²) in [6.07, 6.45) is 5.34. The number of benzene rings is 1. The number of hydrogen-bond acceptors (Lipinski definition) is 4. The van der Waals surface area contributed by atoms with E-state index in [9.17, 15) is 9.59 Å². The van der Waals surface area contributed by atoms with Crippen molar-refractivity contribution in [2.75, 3.05) is 19.8 Å². The SMILES string of the molecule is NC(=O)C[C@H]1CCCCN1C(=O)c1ccc(OC[C@@H]2CCCO2)cc1. The lowest BCUT2D eigenvalue weighted by molar-refractivity contribution is -0.119. The maximum Gasteiger partial charge on any atom is 0.254 e. The fourth-order valence-electron chi connectivity index (χ4n) is 3.54. The van der Waals surface area contributed by atoms with Crippen molar-refractivity contribution in [1.29, 1.82) is 0 Å². The summed E-state index contributed by atoms with van der Waals surface area (Å²) < 4.78 is 11.3. The highest BCUT2D eigenvalue weighted by Gasteiger charge is 2.28. The molecule has 0 unspecified atom stereocenters. The quantitative estimate of drug-likeness (QED) is 0.855. The van der Waals surface area contributed by atoms with Crippen molar-refractivity contribution in [3.8, 4) is 5.75 Å². The number of likely N-dealkylation sites (tertiary alicyclic amines) is 1. The van der Waals surface area contributed by atoms with Gasteiger partial charge in [-0.05, 0) is 56.4 Å². The number of primary amides is 1. The minimum Gasteiger partial charge on any atom is -0.491 e. The van der Waals surface area contributed by atoms with E-state index in [1.54, 1.807) is 17.0 Å². The summed E-state index contributed by atoms with van der Waals surface area (Å²) in [4.78, 5) is 25.8. The first-order valence-corrected chi connectivity index (χ1v) is 9.07. The topological polar surface area (TPSA) is 81.9 Å². The van der Waals surface area contributed by atoms with Crippen molar-refractivity contribution in [3.05, 3.63) is 29.8 Å². The maximum atomic E-state index is 12.8. The molecule has 0 radical (unpaired) electrons. The molecule has 2 N–H and O–H groups in total. The van der Waals surface area contributed by atoms with Crippen LogP contribution in [-0.4, -0.2) is 48.6 Å². The number of ether oxygens (including phenoxy) is 2. The molecule has 0 aliphatic carbocycles. The summed E-state index contributed by atoms with van der Waals surface area (Å²) >= 11 is 0. The molecular formula is C19H26N2O4. The molecule has 0 bridgehead atoms. The molecule has 2 aliphatic heterocycles. The largest absolute Gasteiger partial charge is 0.491 e. The van der Waals surface area contributed by atoms with Gasteiger partial charge in [0, 0.05) is 31.2 Å². The van der Waals surface area contributed by atoms with Gasteiger partial charge in [-0.3, -0.25) is 9.59 Å². The van der Waals surface area contributed by atoms with Gasteiger partial charge in [-0.15, -0.1) is 0 Å². The molecule has 0 aromatic heterocycles. The second-order valence-corrected chi connectivity index (χ2v) is 6.79. The molecular weight excluding hydrogens is 320 g/mol. The molecule has 2 saturated heterocycles. The van der Waals surface area contributed by atoms with E-state index in [1.165, 1.54) is 0 Å². The van der Waals surface area contributed by atoms with E-state index in [1.807, 2.05) is 12.1 Å².